The summed E-state index contributed by atoms with van der Waals surface area (Å²) in [5.74, 6) is 0. The maximum absolute atomic E-state index is 5.97. The van der Waals surface area contributed by atoms with Crippen LogP contribution in [0.5, 0.6) is 0 Å². The summed E-state index contributed by atoms with van der Waals surface area (Å²) in [5.41, 5.74) is 0. The summed E-state index contributed by atoms with van der Waals surface area (Å²) in [6.45, 7) is 9.97. The Balaban J connectivity index is -0.000000500. The molecule has 0 aromatic rings. The van der Waals surface area contributed by atoms with Crippen LogP contribution in [0, 0.1) is 0 Å². The molecular weight excluding hydrogens is 159 g/mol. The predicted octanol–water partition coefficient (Wildman–Crippen LogP) is 0.535. The van der Waals surface area contributed by atoms with Crippen LogP contribution in [0.3, 0.4) is 0 Å². The van der Waals surface area contributed by atoms with Crippen molar-refractivity contribution in [2.45, 2.75) is 52.2 Å². The van der Waals surface area contributed by atoms with Crippen LogP contribution < -0.4 is 18.9 Å². The Kier molecular flexibility index (Phi) is 10.6. The van der Waals surface area contributed by atoms with Gasteiger partial charge < -0.3 is 5.85 Å². The third-order valence-corrected chi connectivity index (χ3v) is 7.23. The average Bonchev–Trinajstić information content (AvgIpc) is 2.08. The predicted molar refractivity (Wildman–Crippen MR) is 54.6 cm³/mol. The Morgan fingerprint density at radius 3 is 1.67 bits per heavy atom. The minimum absolute atomic E-state index is 0. The summed E-state index contributed by atoms with van der Waals surface area (Å²) in [4.78, 5) is 0. The molecule has 0 spiro atoms. The second kappa shape index (κ2) is 8.38. The monoisotopic (exact) mass is 182 g/mol. The van der Waals surface area contributed by atoms with Crippen molar-refractivity contribution in [3.8, 4) is 0 Å². The Hall–Kier alpha value is 0.774. The van der Waals surface area contributed by atoms with Gasteiger partial charge in [0.1, 0.15) is 0 Å². The summed E-state index contributed by atoms with van der Waals surface area (Å²) >= 11 is 0. The van der Waals surface area contributed by atoms with Crippen molar-refractivity contribution >= 4 is 8.32 Å². The van der Waals surface area contributed by atoms with Gasteiger partial charge in [-0.3, -0.25) is 0 Å². The van der Waals surface area contributed by atoms with Crippen molar-refractivity contribution in [2.75, 3.05) is 6.61 Å². The fourth-order valence-electron chi connectivity index (χ4n) is 1.37. The third kappa shape index (κ3) is 4.72. The molecule has 0 aromatic carbocycles. The van der Waals surface area contributed by atoms with Crippen molar-refractivity contribution in [2.24, 2.45) is 0 Å². The van der Waals surface area contributed by atoms with Gasteiger partial charge in [0, 0.05) is 6.61 Å². The first kappa shape index (κ1) is 15.3. The maximum atomic E-state index is 5.97. The smallest absolute Gasteiger partial charge is 1.00 e. The molecule has 0 unspecified atom stereocenters. The molecule has 1 nitrogen and oxygen atoms in total. The van der Waals surface area contributed by atoms with E-state index in [2.05, 4.69) is 27.7 Å². The second-order valence-corrected chi connectivity index (χ2v) is 7.87. The molecule has 3 heteroatoms. The van der Waals surface area contributed by atoms with E-state index in [0.717, 1.165) is 13.0 Å². The van der Waals surface area contributed by atoms with Crippen molar-refractivity contribution in [3.05, 3.63) is 0 Å². The van der Waals surface area contributed by atoms with Crippen LogP contribution in [-0.2, 0) is 4.43 Å². The summed E-state index contributed by atoms with van der Waals surface area (Å²) in [5, 5.41) is 0. The zero-order chi connectivity index (χ0) is 8.74. The Morgan fingerprint density at radius 1 is 1.00 bits per heavy atom. The standard InChI is InChI=1S/C9H22OSi.Li.H/c1-5-9-10-11(6-2,7-3)8-4;;/h5-9H2,1-4H3;;/q;+1;-1. The first-order valence-electron chi connectivity index (χ1n) is 4.88. The van der Waals surface area contributed by atoms with Gasteiger partial charge in [-0.15, -0.1) is 0 Å². The minimum atomic E-state index is -1.24. The van der Waals surface area contributed by atoms with Gasteiger partial charge in [0.2, 0.25) is 0 Å². The molecule has 0 atom stereocenters. The zero-order valence-corrected chi connectivity index (χ0v) is 10.4. The van der Waals surface area contributed by atoms with E-state index in [1.54, 1.807) is 0 Å². The normalized spacial score (nSPS) is 11.0. The summed E-state index contributed by atoms with van der Waals surface area (Å²) < 4.78 is 5.97. The van der Waals surface area contributed by atoms with Gasteiger partial charge in [0.15, 0.2) is 8.32 Å². The van der Waals surface area contributed by atoms with Crippen LogP contribution >= 0.6 is 0 Å². The van der Waals surface area contributed by atoms with Gasteiger partial charge in [-0.05, 0) is 24.6 Å². The molecule has 0 amide bonds. The average molecular weight is 182 g/mol. The third-order valence-electron chi connectivity index (χ3n) is 2.55. The zero-order valence-electron chi connectivity index (χ0n) is 10.4. The van der Waals surface area contributed by atoms with E-state index >= 15 is 0 Å². The van der Waals surface area contributed by atoms with Crippen molar-refractivity contribution in [1.82, 2.24) is 0 Å². The summed E-state index contributed by atoms with van der Waals surface area (Å²) in [7, 11) is -1.24. The van der Waals surface area contributed by atoms with Crippen LogP contribution in [0.25, 0.3) is 0 Å². The Bertz CT molecular complexity index is 91.4. The van der Waals surface area contributed by atoms with Gasteiger partial charge in [0.05, 0.1) is 0 Å². The Morgan fingerprint density at radius 2 is 1.42 bits per heavy atom. The molecule has 0 fully saturated rings. The van der Waals surface area contributed by atoms with Crippen molar-refractivity contribution in [3.63, 3.8) is 0 Å². The quantitative estimate of drug-likeness (QED) is 0.545. The molecule has 0 radical (unpaired) electrons. The van der Waals surface area contributed by atoms with E-state index in [1.165, 1.54) is 18.1 Å². The summed E-state index contributed by atoms with van der Waals surface area (Å²) in [6, 6.07) is 3.83. The maximum Gasteiger partial charge on any atom is 1.00 e. The molecule has 0 saturated carbocycles. The largest absolute Gasteiger partial charge is 1.00 e. The molecule has 0 saturated heterocycles. The Labute approximate surface area is 92.1 Å². The summed E-state index contributed by atoms with van der Waals surface area (Å²) in [6.07, 6.45) is 1.16. The van der Waals surface area contributed by atoms with E-state index in [9.17, 15) is 0 Å². The number of hydrogen-bond donors (Lipinski definition) is 0. The SMILES string of the molecule is CCCO[Si](CC)(CC)CC.[H-].[Li+]. The molecule has 0 aromatic heterocycles. The first-order chi connectivity index (χ1) is 5.24. The second-order valence-electron chi connectivity index (χ2n) is 3.09. The minimum Gasteiger partial charge on any atom is -1.00 e. The van der Waals surface area contributed by atoms with E-state index in [1.807, 2.05) is 0 Å². The van der Waals surface area contributed by atoms with Gasteiger partial charge >= 0.3 is 18.9 Å². The molecule has 0 aliphatic rings. The van der Waals surface area contributed by atoms with Crippen LogP contribution in [0.2, 0.25) is 18.1 Å². The molecule has 0 heterocycles. The first-order valence-corrected chi connectivity index (χ1v) is 7.41. The molecule has 0 bridgehead atoms. The number of hydrogen-bond acceptors (Lipinski definition) is 1. The molecule has 12 heavy (non-hydrogen) atoms. The number of rotatable bonds is 6. The molecule has 0 aliphatic carbocycles. The van der Waals surface area contributed by atoms with E-state index in [-0.39, 0.29) is 20.3 Å². The fourth-order valence-corrected chi connectivity index (χ4v) is 4.12. The van der Waals surface area contributed by atoms with Crippen molar-refractivity contribution < 1.29 is 24.7 Å². The molecule has 0 rings (SSSR count). The van der Waals surface area contributed by atoms with Gasteiger partial charge in [-0.1, -0.05) is 27.7 Å². The van der Waals surface area contributed by atoms with Crippen LogP contribution in [0.4, 0.5) is 0 Å². The van der Waals surface area contributed by atoms with Gasteiger partial charge in [-0.25, -0.2) is 0 Å². The topological polar surface area (TPSA) is 9.23 Å². The van der Waals surface area contributed by atoms with Gasteiger partial charge in [0.25, 0.3) is 0 Å². The molecule has 0 N–H and O–H groups in total. The van der Waals surface area contributed by atoms with Crippen LogP contribution in [0.1, 0.15) is 35.5 Å². The molecule has 70 valence electrons. The van der Waals surface area contributed by atoms with E-state index < -0.39 is 8.32 Å². The fraction of sp³-hybridized carbons (Fsp3) is 1.00. The van der Waals surface area contributed by atoms with Crippen LogP contribution in [0.15, 0.2) is 0 Å². The van der Waals surface area contributed by atoms with E-state index in [0.29, 0.717) is 0 Å². The van der Waals surface area contributed by atoms with E-state index in [4.69, 9.17) is 4.43 Å². The molecular formula is C9H23LiOSi. The van der Waals surface area contributed by atoms with Crippen molar-refractivity contribution in [1.29, 1.82) is 0 Å². The van der Waals surface area contributed by atoms with Gasteiger partial charge in [-0.2, -0.15) is 0 Å². The molecule has 0 aliphatic heterocycles. The van der Waals surface area contributed by atoms with Crippen LogP contribution in [-0.4, -0.2) is 14.9 Å².